The van der Waals surface area contributed by atoms with Gasteiger partial charge in [-0.2, -0.15) is 0 Å². The van der Waals surface area contributed by atoms with Crippen molar-refractivity contribution in [2.24, 2.45) is 0 Å². The van der Waals surface area contributed by atoms with Crippen LogP contribution in [0.3, 0.4) is 0 Å². The zero-order chi connectivity index (χ0) is 11.1. The van der Waals surface area contributed by atoms with E-state index in [1.807, 2.05) is 13.0 Å². The summed E-state index contributed by atoms with van der Waals surface area (Å²) < 4.78 is 5.53. The van der Waals surface area contributed by atoms with Crippen LogP contribution in [0, 0.1) is 0 Å². The summed E-state index contributed by atoms with van der Waals surface area (Å²) in [6.07, 6.45) is 3.62. The molecule has 0 N–H and O–H groups in total. The second-order valence-electron chi connectivity index (χ2n) is 3.13. The van der Waals surface area contributed by atoms with E-state index < -0.39 is 0 Å². The summed E-state index contributed by atoms with van der Waals surface area (Å²) in [4.78, 5) is 0. The zero-order valence-corrected chi connectivity index (χ0v) is 10.5. The Labute approximate surface area is 99.6 Å². The summed E-state index contributed by atoms with van der Waals surface area (Å²) in [5, 5.41) is 0.890. The first kappa shape index (κ1) is 12.1. The average molecular weight is 267 g/mol. The molecule has 0 amide bonds. The molecule has 0 saturated heterocycles. The van der Waals surface area contributed by atoms with E-state index in [1.54, 1.807) is 6.08 Å². The Morgan fingerprint density at radius 1 is 1.33 bits per heavy atom. The Morgan fingerprint density at radius 2 is 1.93 bits per heavy atom. The maximum atomic E-state index is 5.53. The lowest BCUT2D eigenvalue weighted by Gasteiger charge is -2.06. The molecule has 2 heteroatoms. The number of benzene rings is 1. The zero-order valence-electron chi connectivity index (χ0n) is 8.87. The average Bonchev–Trinajstić information content (AvgIpc) is 2.31. The Hall–Kier alpha value is -1.02. The van der Waals surface area contributed by atoms with Gasteiger partial charge in [0.1, 0.15) is 12.4 Å². The molecule has 0 heterocycles. The number of rotatable bonds is 5. The van der Waals surface area contributed by atoms with Crippen LogP contribution in [-0.4, -0.2) is 0 Å². The summed E-state index contributed by atoms with van der Waals surface area (Å²) in [7, 11) is 0. The molecule has 0 spiro atoms. The fourth-order valence-electron chi connectivity index (χ4n) is 1.15. The Kier molecular flexibility index (Phi) is 5.19. The molecule has 0 aliphatic carbocycles. The molecule has 0 radical (unpaired) electrons. The van der Waals surface area contributed by atoms with Gasteiger partial charge in [-0.1, -0.05) is 46.8 Å². The van der Waals surface area contributed by atoms with Crippen molar-refractivity contribution in [2.45, 2.75) is 18.9 Å². The topological polar surface area (TPSA) is 9.23 Å². The van der Waals surface area contributed by atoms with E-state index in [0.29, 0.717) is 6.61 Å². The monoisotopic (exact) mass is 266 g/mol. The van der Waals surface area contributed by atoms with E-state index in [4.69, 9.17) is 4.74 Å². The molecule has 80 valence electrons. The maximum absolute atomic E-state index is 5.53. The molecule has 0 atom stereocenters. The molecule has 0 unspecified atom stereocenters. The second kappa shape index (κ2) is 6.46. The minimum atomic E-state index is 0.592. The standard InChI is InChI=1S/C13H15BrO/c1-3-13(4-2)15-10-12-7-5-11(9-14)6-8-12/h3-8H,1,9-10H2,2H3. The molecule has 0 fully saturated rings. The maximum Gasteiger partial charge on any atom is 0.114 e. The predicted molar refractivity (Wildman–Crippen MR) is 67.8 cm³/mol. The first-order chi connectivity index (χ1) is 7.30. The first-order valence-corrected chi connectivity index (χ1v) is 5.97. The van der Waals surface area contributed by atoms with Crippen LogP contribution in [-0.2, 0) is 16.7 Å². The number of alkyl halides is 1. The van der Waals surface area contributed by atoms with Gasteiger partial charge < -0.3 is 4.74 Å². The third kappa shape index (κ3) is 3.92. The lowest BCUT2D eigenvalue weighted by atomic mass is 10.2. The summed E-state index contributed by atoms with van der Waals surface area (Å²) in [5.74, 6) is 0.819. The molecule has 15 heavy (non-hydrogen) atoms. The smallest absolute Gasteiger partial charge is 0.114 e. The van der Waals surface area contributed by atoms with E-state index in [0.717, 1.165) is 11.1 Å². The van der Waals surface area contributed by atoms with Crippen LogP contribution in [0.2, 0.25) is 0 Å². The summed E-state index contributed by atoms with van der Waals surface area (Å²) >= 11 is 3.41. The van der Waals surface area contributed by atoms with E-state index in [-0.39, 0.29) is 0 Å². The SMILES string of the molecule is C=CC(=CC)OCc1ccc(CBr)cc1. The van der Waals surface area contributed by atoms with Gasteiger partial charge in [0, 0.05) is 5.33 Å². The van der Waals surface area contributed by atoms with Gasteiger partial charge >= 0.3 is 0 Å². The molecule has 0 bridgehead atoms. The van der Waals surface area contributed by atoms with Gasteiger partial charge in [-0.25, -0.2) is 0 Å². The predicted octanol–water partition coefficient (Wildman–Crippen LogP) is 4.19. The third-order valence-electron chi connectivity index (χ3n) is 2.07. The highest BCUT2D eigenvalue weighted by Crippen LogP contribution is 2.10. The molecular formula is C13H15BrO. The number of ether oxygens (including phenoxy) is 1. The largest absolute Gasteiger partial charge is 0.489 e. The van der Waals surface area contributed by atoms with Gasteiger partial charge in [-0.3, -0.25) is 0 Å². The number of allylic oxidation sites excluding steroid dienone is 2. The Morgan fingerprint density at radius 3 is 2.40 bits per heavy atom. The minimum Gasteiger partial charge on any atom is -0.489 e. The van der Waals surface area contributed by atoms with Gasteiger partial charge in [0.05, 0.1) is 0 Å². The summed E-state index contributed by atoms with van der Waals surface area (Å²) in [6.45, 7) is 6.20. The molecular weight excluding hydrogens is 252 g/mol. The van der Waals surface area contributed by atoms with Crippen molar-refractivity contribution in [3.8, 4) is 0 Å². The lowest BCUT2D eigenvalue weighted by molar-refractivity contribution is 0.211. The fourth-order valence-corrected chi connectivity index (χ4v) is 1.53. The minimum absolute atomic E-state index is 0.592. The Bertz CT molecular complexity index is 338. The van der Waals surface area contributed by atoms with Crippen molar-refractivity contribution in [1.82, 2.24) is 0 Å². The van der Waals surface area contributed by atoms with E-state index in [9.17, 15) is 0 Å². The molecule has 0 aromatic heterocycles. The normalized spacial score (nSPS) is 11.2. The van der Waals surface area contributed by atoms with Crippen molar-refractivity contribution in [3.05, 3.63) is 59.9 Å². The van der Waals surface area contributed by atoms with Gasteiger partial charge in [0.2, 0.25) is 0 Å². The van der Waals surface area contributed by atoms with Crippen LogP contribution in [0.1, 0.15) is 18.1 Å². The van der Waals surface area contributed by atoms with E-state index in [1.165, 1.54) is 11.1 Å². The summed E-state index contributed by atoms with van der Waals surface area (Å²) in [6, 6.07) is 8.34. The molecule has 0 aliphatic heterocycles. The fraction of sp³-hybridized carbons (Fsp3) is 0.231. The highest BCUT2D eigenvalue weighted by atomic mass is 79.9. The van der Waals surface area contributed by atoms with E-state index in [2.05, 4.69) is 46.8 Å². The van der Waals surface area contributed by atoms with Crippen molar-refractivity contribution >= 4 is 15.9 Å². The molecule has 1 rings (SSSR count). The van der Waals surface area contributed by atoms with E-state index >= 15 is 0 Å². The van der Waals surface area contributed by atoms with Crippen LogP contribution in [0.25, 0.3) is 0 Å². The Balaban J connectivity index is 2.54. The van der Waals surface area contributed by atoms with Crippen molar-refractivity contribution < 1.29 is 4.74 Å². The molecule has 1 aromatic carbocycles. The first-order valence-electron chi connectivity index (χ1n) is 4.85. The van der Waals surface area contributed by atoms with Gasteiger partial charge in [-0.15, -0.1) is 0 Å². The van der Waals surface area contributed by atoms with Crippen molar-refractivity contribution in [2.75, 3.05) is 0 Å². The molecule has 0 aliphatic rings. The second-order valence-corrected chi connectivity index (χ2v) is 3.69. The summed E-state index contributed by atoms with van der Waals surface area (Å²) in [5.41, 5.74) is 2.44. The van der Waals surface area contributed by atoms with Crippen LogP contribution in [0.4, 0.5) is 0 Å². The molecule has 0 saturated carbocycles. The highest BCUT2D eigenvalue weighted by molar-refractivity contribution is 9.08. The molecule has 1 aromatic rings. The number of halogens is 1. The van der Waals surface area contributed by atoms with Gasteiger partial charge in [-0.05, 0) is 30.2 Å². The third-order valence-corrected chi connectivity index (χ3v) is 2.72. The van der Waals surface area contributed by atoms with Crippen LogP contribution in [0.15, 0.2) is 48.8 Å². The lowest BCUT2D eigenvalue weighted by Crippen LogP contribution is -1.91. The van der Waals surface area contributed by atoms with Crippen molar-refractivity contribution in [1.29, 1.82) is 0 Å². The molecule has 1 nitrogen and oxygen atoms in total. The quantitative estimate of drug-likeness (QED) is 0.441. The van der Waals surface area contributed by atoms with Gasteiger partial charge in [0.15, 0.2) is 0 Å². The van der Waals surface area contributed by atoms with Gasteiger partial charge in [0.25, 0.3) is 0 Å². The number of hydrogen-bond acceptors (Lipinski definition) is 1. The van der Waals surface area contributed by atoms with Crippen LogP contribution in [0.5, 0.6) is 0 Å². The highest BCUT2D eigenvalue weighted by Gasteiger charge is 1.95. The van der Waals surface area contributed by atoms with Crippen molar-refractivity contribution in [3.63, 3.8) is 0 Å². The van der Waals surface area contributed by atoms with Crippen LogP contribution < -0.4 is 0 Å². The van der Waals surface area contributed by atoms with Crippen LogP contribution >= 0.6 is 15.9 Å². The number of hydrogen-bond donors (Lipinski definition) is 0.